The predicted molar refractivity (Wildman–Crippen MR) is 124 cm³/mol. The highest BCUT2D eigenvalue weighted by atomic mass is 16.5. The van der Waals surface area contributed by atoms with Crippen LogP contribution in [0.15, 0.2) is 55.1 Å². The Kier molecular flexibility index (Phi) is 5.60. The third-order valence-electron chi connectivity index (χ3n) is 5.96. The number of nitrogens with one attached hydrogen (secondary N) is 2. The Bertz CT molecular complexity index is 1300. The molecule has 1 aliphatic carbocycles. The molecule has 1 aliphatic rings. The first-order chi connectivity index (χ1) is 16.1. The number of fused-ring (bicyclic) bond motifs is 1. The van der Waals surface area contributed by atoms with Gasteiger partial charge in [0, 0.05) is 29.9 Å². The van der Waals surface area contributed by atoms with E-state index in [-0.39, 0.29) is 18.0 Å². The molecule has 0 aliphatic heterocycles. The zero-order valence-electron chi connectivity index (χ0n) is 18.5. The van der Waals surface area contributed by atoms with Gasteiger partial charge in [0.15, 0.2) is 11.5 Å². The van der Waals surface area contributed by atoms with E-state index < -0.39 is 0 Å². The van der Waals surface area contributed by atoms with E-state index in [0.717, 1.165) is 41.0 Å². The number of hydrogen-bond donors (Lipinski definition) is 2. The summed E-state index contributed by atoms with van der Waals surface area (Å²) < 4.78 is 7.49. The van der Waals surface area contributed by atoms with E-state index in [2.05, 4.69) is 35.1 Å². The van der Waals surface area contributed by atoms with Crippen molar-refractivity contribution < 1.29 is 9.53 Å². The molecule has 33 heavy (non-hydrogen) atoms. The molecular weight excluding hydrogens is 418 g/mol. The van der Waals surface area contributed by atoms with Gasteiger partial charge < -0.3 is 19.9 Å². The van der Waals surface area contributed by atoms with Gasteiger partial charge in [0.25, 0.3) is 5.91 Å². The van der Waals surface area contributed by atoms with Crippen molar-refractivity contribution in [1.82, 2.24) is 29.8 Å². The molecule has 0 bridgehead atoms. The summed E-state index contributed by atoms with van der Waals surface area (Å²) in [6, 6.07) is 13.6. The molecule has 0 saturated heterocycles. The highest BCUT2D eigenvalue weighted by molar-refractivity contribution is 5.92. The maximum absolute atomic E-state index is 12.5. The Balaban J connectivity index is 1.25. The van der Waals surface area contributed by atoms with Gasteiger partial charge in [-0.25, -0.2) is 19.9 Å². The van der Waals surface area contributed by atoms with Crippen molar-refractivity contribution in [2.45, 2.75) is 38.4 Å². The van der Waals surface area contributed by atoms with Crippen molar-refractivity contribution in [1.29, 1.82) is 0 Å². The predicted octanol–water partition coefficient (Wildman–Crippen LogP) is 3.28. The molecule has 9 heteroatoms. The van der Waals surface area contributed by atoms with Crippen LogP contribution in [0.4, 0.5) is 5.82 Å². The number of amides is 1. The van der Waals surface area contributed by atoms with Crippen LogP contribution in [-0.4, -0.2) is 43.6 Å². The zero-order chi connectivity index (χ0) is 22.8. The molecule has 9 nitrogen and oxygen atoms in total. The number of pyridine rings is 1. The van der Waals surface area contributed by atoms with Crippen molar-refractivity contribution in [2.75, 3.05) is 12.4 Å². The number of carbonyl (C=O) groups excluding carboxylic acids is 1. The highest BCUT2D eigenvalue weighted by Gasteiger charge is 2.33. The number of anilines is 1. The number of aryl methyl sites for hydroxylation is 1. The van der Waals surface area contributed by atoms with Gasteiger partial charge in [-0.05, 0) is 38.0 Å². The molecule has 168 valence electrons. The largest absolute Gasteiger partial charge is 0.496 e. The second-order valence-corrected chi connectivity index (χ2v) is 8.17. The molecule has 3 heterocycles. The summed E-state index contributed by atoms with van der Waals surface area (Å²) in [4.78, 5) is 30.2. The van der Waals surface area contributed by atoms with Gasteiger partial charge >= 0.3 is 0 Å². The maximum Gasteiger partial charge on any atom is 0.270 e. The summed E-state index contributed by atoms with van der Waals surface area (Å²) >= 11 is 0. The molecule has 0 unspecified atom stereocenters. The summed E-state index contributed by atoms with van der Waals surface area (Å²) in [6.45, 7) is 2.44. The highest BCUT2D eigenvalue weighted by Crippen LogP contribution is 2.35. The van der Waals surface area contributed by atoms with Crippen LogP contribution in [-0.2, 0) is 6.54 Å². The number of para-hydroxylation sites is 1. The molecule has 1 saturated carbocycles. The topological polar surface area (TPSA) is 107 Å². The molecule has 0 radical (unpaired) electrons. The molecule has 0 atom stereocenters. The molecule has 4 aromatic rings. The summed E-state index contributed by atoms with van der Waals surface area (Å²) in [6.07, 6.45) is 4.98. The van der Waals surface area contributed by atoms with Crippen LogP contribution in [0.25, 0.3) is 11.2 Å². The normalized spacial score (nSPS) is 17.4. The van der Waals surface area contributed by atoms with Crippen LogP contribution in [0.1, 0.15) is 40.6 Å². The second kappa shape index (κ2) is 8.85. The van der Waals surface area contributed by atoms with Crippen LogP contribution < -0.4 is 15.4 Å². The van der Waals surface area contributed by atoms with Gasteiger partial charge in [-0.15, -0.1) is 0 Å². The van der Waals surface area contributed by atoms with Gasteiger partial charge in [0.1, 0.15) is 23.3 Å². The van der Waals surface area contributed by atoms with E-state index in [1.54, 1.807) is 25.8 Å². The fourth-order valence-electron chi connectivity index (χ4n) is 4.14. The number of rotatable bonds is 7. The quantitative estimate of drug-likeness (QED) is 0.451. The number of ether oxygens (including phenoxy) is 1. The molecule has 0 spiro atoms. The third kappa shape index (κ3) is 4.21. The van der Waals surface area contributed by atoms with Gasteiger partial charge in [-0.1, -0.05) is 24.3 Å². The van der Waals surface area contributed by atoms with Gasteiger partial charge in [0.05, 0.1) is 13.4 Å². The van der Waals surface area contributed by atoms with Crippen molar-refractivity contribution in [3.63, 3.8) is 0 Å². The van der Waals surface area contributed by atoms with E-state index >= 15 is 0 Å². The lowest BCUT2D eigenvalue weighted by atomic mass is 9.86. The summed E-state index contributed by atoms with van der Waals surface area (Å²) in [5, 5.41) is 6.42. The number of hydrogen-bond acceptors (Lipinski definition) is 7. The van der Waals surface area contributed by atoms with Crippen LogP contribution in [0.2, 0.25) is 0 Å². The minimum absolute atomic E-state index is 0.104. The molecule has 1 amide bonds. The number of methoxy groups -OCH3 is 1. The molecule has 3 aromatic heterocycles. The summed E-state index contributed by atoms with van der Waals surface area (Å²) in [5.41, 5.74) is 3.82. The minimum Gasteiger partial charge on any atom is -0.496 e. The summed E-state index contributed by atoms with van der Waals surface area (Å²) in [5.74, 6) is 1.37. The Labute approximate surface area is 191 Å². The lowest BCUT2D eigenvalue weighted by Gasteiger charge is -2.36. The van der Waals surface area contributed by atoms with E-state index in [1.165, 1.54) is 0 Å². The average Bonchev–Trinajstić information content (AvgIpc) is 3.24. The molecule has 5 rings (SSSR count). The van der Waals surface area contributed by atoms with Crippen LogP contribution in [0.5, 0.6) is 5.75 Å². The fourth-order valence-corrected chi connectivity index (χ4v) is 4.14. The first-order valence-electron chi connectivity index (χ1n) is 10.9. The standard InChI is InChI=1S/C24H25N7O2/c1-15-6-5-8-19(29-15)24(32)30-17-10-18(11-17)31-14-28-21-22(26-13-27-23(21)31)25-12-16-7-3-4-9-20(16)33-2/h3-9,13-14,17-18H,10-12H2,1-2H3,(H,30,32)(H,25,26,27). The fraction of sp³-hybridized carbons (Fsp3) is 0.292. The number of aromatic nitrogens is 5. The van der Waals surface area contributed by atoms with E-state index in [4.69, 9.17) is 4.74 Å². The van der Waals surface area contributed by atoms with E-state index in [1.807, 2.05) is 43.3 Å². The van der Waals surface area contributed by atoms with Crippen LogP contribution in [0.3, 0.4) is 0 Å². The van der Waals surface area contributed by atoms with Crippen LogP contribution in [0, 0.1) is 6.92 Å². The lowest BCUT2D eigenvalue weighted by molar-refractivity contribution is 0.0889. The molecule has 1 aromatic carbocycles. The first-order valence-corrected chi connectivity index (χ1v) is 10.9. The van der Waals surface area contributed by atoms with Gasteiger partial charge in [0.2, 0.25) is 0 Å². The van der Waals surface area contributed by atoms with E-state index in [9.17, 15) is 4.79 Å². The van der Waals surface area contributed by atoms with Crippen molar-refractivity contribution >= 4 is 22.9 Å². The minimum atomic E-state index is -0.136. The number of imidazole rings is 1. The van der Waals surface area contributed by atoms with Gasteiger partial charge in [-0.3, -0.25) is 4.79 Å². The van der Waals surface area contributed by atoms with Crippen molar-refractivity contribution in [2.24, 2.45) is 0 Å². The first kappa shape index (κ1) is 20.9. The SMILES string of the molecule is COc1ccccc1CNc1ncnc2c1ncn2C1CC(NC(=O)c2cccc(C)n2)C1. The maximum atomic E-state index is 12.5. The molecular formula is C24H25N7O2. The number of carbonyl (C=O) groups is 1. The lowest BCUT2D eigenvalue weighted by Crippen LogP contribution is -2.45. The van der Waals surface area contributed by atoms with E-state index in [0.29, 0.717) is 18.1 Å². The monoisotopic (exact) mass is 443 g/mol. The number of benzene rings is 1. The van der Waals surface area contributed by atoms with Gasteiger partial charge in [-0.2, -0.15) is 0 Å². The van der Waals surface area contributed by atoms with Crippen molar-refractivity contribution in [3.8, 4) is 5.75 Å². The smallest absolute Gasteiger partial charge is 0.270 e. The number of nitrogens with zero attached hydrogens (tertiary/aromatic N) is 5. The Morgan fingerprint density at radius 1 is 1.12 bits per heavy atom. The third-order valence-corrected chi connectivity index (χ3v) is 5.96. The zero-order valence-corrected chi connectivity index (χ0v) is 18.5. The molecule has 1 fully saturated rings. The Hall–Kier alpha value is -4.01. The Morgan fingerprint density at radius 3 is 2.79 bits per heavy atom. The summed E-state index contributed by atoms with van der Waals surface area (Å²) in [7, 11) is 1.66. The van der Waals surface area contributed by atoms with Crippen molar-refractivity contribution in [3.05, 3.63) is 72.1 Å². The average molecular weight is 444 g/mol. The Morgan fingerprint density at radius 2 is 1.97 bits per heavy atom. The van der Waals surface area contributed by atoms with Crippen LogP contribution >= 0.6 is 0 Å². The molecule has 2 N–H and O–H groups in total. The second-order valence-electron chi connectivity index (χ2n) is 8.17.